The monoisotopic (exact) mass is 430 g/mol. The van der Waals surface area contributed by atoms with Gasteiger partial charge in [0.15, 0.2) is 22.1 Å². The second-order valence-electron chi connectivity index (χ2n) is 4.70. The first-order valence-electron chi connectivity index (χ1n) is 6.59. The Hall–Kier alpha value is -1.78. The van der Waals surface area contributed by atoms with Gasteiger partial charge in [0.1, 0.15) is 13.2 Å². The van der Waals surface area contributed by atoms with Gasteiger partial charge in [-0.05, 0) is 0 Å². The van der Waals surface area contributed by atoms with Crippen LogP contribution >= 0.6 is 11.3 Å². The molecule has 2 rings (SSSR count). The average molecular weight is 430 g/mol. The van der Waals surface area contributed by atoms with Crippen molar-refractivity contribution in [1.29, 1.82) is 0 Å². The number of β-lactam (4-membered cyclic amide) rings is 1. The number of oxime groups is 1. The Morgan fingerprint density at radius 3 is 2.44 bits per heavy atom. The number of ether oxygens (including phenoxy) is 1. The van der Waals surface area contributed by atoms with E-state index in [4.69, 9.17) is 0 Å². The molecule has 16 heteroatoms. The van der Waals surface area contributed by atoms with E-state index in [0.717, 1.165) is 25.6 Å². The van der Waals surface area contributed by atoms with Gasteiger partial charge in [0.25, 0.3) is 11.8 Å². The van der Waals surface area contributed by atoms with Gasteiger partial charge >= 0.3 is 40.4 Å². The first-order chi connectivity index (χ1) is 12.1. The predicted molar refractivity (Wildman–Crippen MR) is 82.8 cm³/mol. The second-order valence-corrected chi connectivity index (χ2v) is 6.79. The van der Waals surface area contributed by atoms with Crippen molar-refractivity contribution in [3.8, 4) is 0 Å². The number of nitrogens with zero attached hydrogens (tertiary/aromatic N) is 2. The summed E-state index contributed by atoms with van der Waals surface area (Å²) in [6.07, 6.45) is 0. The van der Waals surface area contributed by atoms with Crippen LogP contribution in [0.5, 0.6) is 0 Å². The van der Waals surface area contributed by atoms with Gasteiger partial charge in [-0.2, -0.15) is 0 Å². The van der Waals surface area contributed by atoms with Crippen molar-refractivity contribution in [2.45, 2.75) is 12.1 Å². The van der Waals surface area contributed by atoms with Gasteiger partial charge in [0.2, 0.25) is 0 Å². The zero-order valence-corrected chi connectivity index (χ0v) is 17.8. The minimum Gasteiger partial charge on any atom is -0.731 e. The molecule has 1 aliphatic rings. The summed E-state index contributed by atoms with van der Waals surface area (Å²) in [5.74, 6) is -3.60. The summed E-state index contributed by atoms with van der Waals surface area (Å²) in [6, 6.07) is -3.53. The summed E-state index contributed by atoms with van der Waals surface area (Å²) in [5.41, 5.74) is -0.472. The normalized spacial score (nSPS) is 19.6. The van der Waals surface area contributed by atoms with Crippen molar-refractivity contribution in [2.24, 2.45) is 5.16 Å². The van der Waals surface area contributed by atoms with Gasteiger partial charge in [0, 0.05) is 5.38 Å². The third-order valence-corrected chi connectivity index (χ3v) is 4.75. The molecular formula is C11H11N4NaO9S2. The van der Waals surface area contributed by atoms with Crippen LogP contribution in [0.1, 0.15) is 5.69 Å². The number of hydrogen-bond donors (Lipinski definition) is 2. The van der Waals surface area contributed by atoms with E-state index < -0.39 is 50.8 Å². The summed E-state index contributed by atoms with van der Waals surface area (Å²) in [6.45, 7) is 0. The summed E-state index contributed by atoms with van der Waals surface area (Å²) in [5, 5.41) is 6.74. The van der Waals surface area contributed by atoms with Crippen LogP contribution in [0, 0.1) is 0 Å². The van der Waals surface area contributed by atoms with E-state index in [1.807, 2.05) is 0 Å². The van der Waals surface area contributed by atoms with Crippen molar-refractivity contribution >= 4 is 45.1 Å². The molecule has 0 radical (unpaired) electrons. The van der Waals surface area contributed by atoms with E-state index in [9.17, 15) is 32.1 Å². The Kier molecular flexibility index (Phi) is 7.70. The minimum atomic E-state index is -5.29. The summed E-state index contributed by atoms with van der Waals surface area (Å²) in [4.78, 5) is 53.4. The number of rotatable bonds is 6. The molecule has 0 spiro atoms. The maximum Gasteiger partial charge on any atom is 1.00 e. The molecule has 0 bridgehead atoms. The van der Waals surface area contributed by atoms with Gasteiger partial charge in [-0.25, -0.2) is 17.5 Å². The number of nitrogens with one attached hydrogen (secondary N) is 2. The summed E-state index contributed by atoms with van der Waals surface area (Å²) in [7, 11) is -3.26. The van der Waals surface area contributed by atoms with Crippen LogP contribution in [0.2, 0.25) is 0 Å². The molecule has 1 saturated heterocycles. The first-order valence-corrected chi connectivity index (χ1v) is 8.83. The largest absolute Gasteiger partial charge is 1.00 e. The van der Waals surface area contributed by atoms with Crippen LogP contribution in [0.15, 0.2) is 15.3 Å². The Balaban J connectivity index is 0.00000364. The van der Waals surface area contributed by atoms with E-state index in [1.165, 1.54) is 5.38 Å². The van der Waals surface area contributed by atoms with Gasteiger partial charge in [-0.15, -0.1) is 0 Å². The number of aromatic nitrogens is 1. The zero-order valence-electron chi connectivity index (χ0n) is 14.1. The number of carbonyl (C=O) groups excluding carboxylic acids is 3. The van der Waals surface area contributed by atoms with Crippen molar-refractivity contribution in [3.05, 3.63) is 20.7 Å². The van der Waals surface area contributed by atoms with Crippen LogP contribution in [0.4, 0.5) is 0 Å². The average Bonchev–Trinajstić information content (AvgIpc) is 2.98. The number of aromatic amines is 1. The van der Waals surface area contributed by atoms with E-state index in [-0.39, 0.29) is 39.6 Å². The van der Waals surface area contributed by atoms with Crippen molar-refractivity contribution in [2.75, 3.05) is 14.2 Å². The number of thiazole rings is 1. The van der Waals surface area contributed by atoms with E-state index >= 15 is 0 Å². The number of hydrogen-bond acceptors (Lipinski definition) is 11. The standard InChI is InChI=1S/C11H12N4O9S2.Na/c1-23-10(18)7-6(9(17)15(7)26(20,21)22)13-8(16)5(14-24-2)4-3-25-11(19)12-4;/h3,6-7H,1-2H3,(H,12,19)(H,13,16)(H,20,21,22);/q;+1/p-1. The van der Waals surface area contributed by atoms with Crippen LogP contribution in [-0.2, 0) is 34.3 Å². The minimum absolute atomic E-state index is 0. The number of amides is 2. The van der Waals surface area contributed by atoms with Crippen LogP contribution < -0.4 is 39.7 Å². The maximum absolute atomic E-state index is 12.3. The van der Waals surface area contributed by atoms with Gasteiger partial charge in [0.05, 0.1) is 12.8 Å². The van der Waals surface area contributed by atoms with Crippen molar-refractivity contribution < 1.29 is 66.5 Å². The number of esters is 1. The van der Waals surface area contributed by atoms with Crippen molar-refractivity contribution in [1.82, 2.24) is 14.6 Å². The number of methoxy groups -OCH3 is 1. The number of H-pyrrole nitrogens is 1. The first kappa shape index (κ1) is 23.3. The second kappa shape index (κ2) is 8.94. The molecule has 1 fully saturated rings. The maximum atomic E-state index is 12.3. The molecular weight excluding hydrogens is 419 g/mol. The summed E-state index contributed by atoms with van der Waals surface area (Å²) >= 11 is 0.731. The molecule has 1 aromatic rings. The molecule has 2 unspecified atom stereocenters. The molecule has 142 valence electrons. The molecule has 2 atom stereocenters. The predicted octanol–water partition coefficient (Wildman–Crippen LogP) is -5.88. The molecule has 27 heavy (non-hydrogen) atoms. The molecule has 1 aliphatic heterocycles. The van der Waals surface area contributed by atoms with Gasteiger partial charge in [-0.1, -0.05) is 16.5 Å². The molecule has 1 aromatic heterocycles. The molecule has 13 nitrogen and oxygen atoms in total. The molecule has 0 aromatic carbocycles. The Labute approximate surface area is 177 Å². The van der Waals surface area contributed by atoms with E-state index in [1.54, 1.807) is 0 Å². The van der Waals surface area contributed by atoms with Gasteiger partial charge < -0.3 is 24.4 Å². The fourth-order valence-corrected chi connectivity index (χ4v) is 3.50. The van der Waals surface area contributed by atoms with Crippen LogP contribution in [0.25, 0.3) is 0 Å². The molecule has 0 saturated carbocycles. The SMILES string of the molecule is CON=C(C(=O)NC1C(=O)N(S(=O)(=O)[O-])C1C(=O)OC)c1csc(=O)[nH]1.[Na+]. The smallest absolute Gasteiger partial charge is 0.731 e. The van der Waals surface area contributed by atoms with E-state index in [2.05, 4.69) is 25.0 Å². The van der Waals surface area contributed by atoms with E-state index in [0.29, 0.717) is 0 Å². The van der Waals surface area contributed by atoms with Crippen LogP contribution in [-0.4, -0.2) is 72.1 Å². The zero-order chi connectivity index (χ0) is 19.6. The van der Waals surface area contributed by atoms with Crippen molar-refractivity contribution in [3.63, 3.8) is 0 Å². The molecule has 2 N–H and O–H groups in total. The van der Waals surface area contributed by atoms with Crippen LogP contribution in [0.3, 0.4) is 0 Å². The fraction of sp³-hybridized carbons (Fsp3) is 0.364. The number of carbonyl (C=O) groups is 3. The molecule has 0 aliphatic carbocycles. The third-order valence-electron chi connectivity index (χ3n) is 3.20. The third kappa shape index (κ3) is 4.74. The van der Waals surface area contributed by atoms with Gasteiger partial charge in [-0.3, -0.25) is 14.4 Å². The topological polar surface area (TPSA) is 187 Å². The Bertz CT molecular complexity index is 938. The Morgan fingerprint density at radius 2 is 2.00 bits per heavy atom. The Morgan fingerprint density at radius 1 is 1.37 bits per heavy atom. The fourth-order valence-electron chi connectivity index (χ4n) is 2.12. The quantitative estimate of drug-likeness (QED) is 0.111. The molecule has 2 amide bonds. The summed E-state index contributed by atoms with van der Waals surface area (Å²) < 4.78 is 37.4. The molecule has 2 heterocycles.